The Bertz CT molecular complexity index is 1070. The molecule has 148 valence electrons. The number of amides is 1. The summed E-state index contributed by atoms with van der Waals surface area (Å²) >= 11 is 5.91. The molecule has 2 fully saturated rings. The first-order valence-electron chi connectivity index (χ1n) is 10.1. The monoisotopic (exact) mass is 408 g/mol. The molecule has 0 saturated heterocycles. The molecule has 3 aromatic rings. The number of hydrogen-bond acceptors (Lipinski definition) is 2. The predicted octanol–water partition coefficient (Wildman–Crippen LogP) is 6.33. The van der Waals surface area contributed by atoms with Crippen molar-refractivity contribution < 1.29 is 9.18 Å². The average molecular weight is 409 g/mol. The van der Waals surface area contributed by atoms with Gasteiger partial charge in [-0.2, -0.15) is 0 Å². The van der Waals surface area contributed by atoms with Gasteiger partial charge in [-0.1, -0.05) is 11.6 Å². The van der Waals surface area contributed by atoms with Crippen LogP contribution in [0.5, 0.6) is 0 Å². The van der Waals surface area contributed by atoms with Gasteiger partial charge in [0.05, 0.1) is 5.52 Å². The fourth-order valence-corrected chi connectivity index (χ4v) is 5.16. The SMILES string of the molecule is O=C(Nc1ccc(Cl)cc1)[C@@H]1C[C@]12CC[C@@H](c1ccnc3ccc(F)cc31)CC2. The van der Waals surface area contributed by atoms with Crippen LogP contribution in [0.3, 0.4) is 0 Å². The second-order valence-corrected chi connectivity index (χ2v) is 8.89. The molecule has 1 aromatic heterocycles. The number of fused-ring (bicyclic) bond motifs is 1. The minimum Gasteiger partial charge on any atom is -0.326 e. The molecule has 0 radical (unpaired) electrons. The highest BCUT2D eigenvalue weighted by molar-refractivity contribution is 6.30. The standard InChI is InChI=1S/C24H22ClFN2O/c25-16-1-4-18(5-2-16)28-23(29)21-14-24(21)10-7-15(8-11-24)19-9-12-27-22-6-3-17(26)13-20(19)22/h1-6,9,12-13,15,21H,7-8,10-11,14H2,(H,28,29)/t15-,21-,24-/m0/s1. The average Bonchev–Trinajstić information content (AvgIpc) is 3.43. The van der Waals surface area contributed by atoms with Crippen LogP contribution in [-0.4, -0.2) is 10.9 Å². The van der Waals surface area contributed by atoms with E-state index in [1.807, 2.05) is 24.4 Å². The third-order valence-corrected chi connectivity index (χ3v) is 7.03. The fraction of sp³-hybridized carbons (Fsp3) is 0.333. The van der Waals surface area contributed by atoms with E-state index in [0.717, 1.165) is 48.7 Å². The third kappa shape index (κ3) is 3.51. The highest BCUT2D eigenvalue weighted by atomic mass is 35.5. The zero-order valence-corrected chi connectivity index (χ0v) is 16.8. The molecule has 2 saturated carbocycles. The number of aromatic nitrogens is 1. The molecule has 3 nitrogen and oxygen atoms in total. The van der Waals surface area contributed by atoms with Crippen molar-refractivity contribution in [2.45, 2.75) is 38.0 Å². The Labute approximate surface area is 174 Å². The van der Waals surface area contributed by atoms with Gasteiger partial charge in [0.15, 0.2) is 0 Å². The Hall–Kier alpha value is -2.46. The number of benzene rings is 2. The van der Waals surface area contributed by atoms with E-state index in [9.17, 15) is 9.18 Å². The zero-order valence-electron chi connectivity index (χ0n) is 16.0. The number of carbonyl (C=O) groups excluding carboxylic acids is 1. The summed E-state index contributed by atoms with van der Waals surface area (Å²) in [5, 5.41) is 4.61. The van der Waals surface area contributed by atoms with Crippen molar-refractivity contribution in [3.63, 3.8) is 0 Å². The summed E-state index contributed by atoms with van der Waals surface area (Å²) in [5.74, 6) is 0.376. The van der Waals surface area contributed by atoms with Crippen LogP contribution in [0, 0.1) is 17.2 Å². The van der Waals surface area contributed by atoms with E-state index in [-0.39, 0.29) is 23.1 Å². The Kier molecular flexibility index (Phi) is 4.54. The number of hydrogen-bond donors (Lipinski definition) is 1. The zero-order chi connectivity index (χ0) is 20.0. The number of nitrogens with zero attached hydrogens (tertiary/aromatic N) is 1. The summed E-state index contributed by atoms with van der Waals surface area (Å²) in [6, 6.07) is 14.1. The summed E-state index contributed by atoms with van der Waals surface area (Å²) in [4.78, 5) is 17.1. The largest absolute Gasteiger partial charge is 0.326 e. The number of halogens is 2. The lowest BCUT2D eigenvalue weighted by Crippen LogP contribution is -2.22. The molecule has 1 atom stereocenters. The summed E-state index contributed by atoms with van der Waals surface area (Å²) in [7, 11) is 0. The van der Waals surface area contributed by atoms with E-state index < -0.39 is 0 Å². The van der Waals surface area contributed by atoms with E-state index in [4.69, 9.17) is 11.6 Å². The van der Waals surface area contributed by atoms with Crippen molar-refractivity contribution in [2.75, 3.05) is 5.32 Å². The van der Waals surface area contributed by atoms with Crippen LogP contribution < -0.4 is 5.32 Å². The molecule has 1 spiro atoms. The minimum atomic E-state index is -0.222. The van der Waals surface area contributed by atoms with Crippen molar-refractivity contribution in [3.05, 3.63) is 71.1 Å². The van der Waals surface area contributed by atoms with Gasteiger partial charge in [0.2, 0.25) is 5.91 Å². The first-order chi connectivity index (χ1) is 14.0. The first kappa shape index (κ1) is 18.6. The van der Waals surface area contributed by atoms with Gasteiger partial charge in [0.25, 0.3) is 0 Å². The van der Waals surface area contributed by atoms with Crippen molar-refractivity contribution in [2.24, 2.45) is 11.3 Å². The molecular formula is C24H22ClFN2O. The maximum atomic E-state index is 13.8. The van der Waals surface area contributed by atoms with Crippen LogP contribution in [-0.2, 0) is 4.79 Å². The number of carbonyl (C=O) groups is 1. The van der Waals surface area contributed by atoms with Gasteiger partial charge in [-0.25, -0.2) is 4.39 Å². The van der Waals surface area contributed by atoms with Crippen molar-refractivity contribution in [3.8, 4) is 0 Å². The maximum absolute atomic E-state index is 13.8. The van der Waals surface area contributed by atoms with Crippen LogP contribution in [0.4, 0.5) is 10.1 Å². The van der Waals surface area contributed by atoms with Crippen LogP contribution >= 0.6 is 11.6 Å². The van der Waals surface area contributed by atoms with Gasteiger partial charge in [-0.3, -0.25) is 9.78 Å². The Morgan fingerprint density at radius 2 is 1.86 bits per heavy atom. The van der Waals surface area contributed by atoms with Crippen LogP contribution in [0.25, 0.3) is 10.9 Å². The molecule has 0 bridgehead atoms. The Morgan fingerprint density at radius 1 is 1.10 bits per heavy atom. The predicted molar refractivity (Wildman–Crippen MR) is 114 cm³/mol. The topological polar surface area (TPSA) is 42.0 Å². The first-order valence-corrected chi connectivity index (χ1v) is 10.5. The summed E-state index contributed by atoms with van der Waals surface area (Å²) in [5.41, 5.74) is 2.96. The molecule has 0 aliphatic heterocycles. The number of nitrogens with one attached hydrogen (secondary N) is 1. The van der Waals surface area contributed by atoms with Crippen molar-refractivity contribution in [1.29, 1.82) is 0 Å². The minimum absolute atomic E-state index is 0.0887. The van der Waals surface area contributed by atoms with Crippen molar-refractivity contribution >= 4 is 34.1 Å². The summed E-state index contributed by atoms with van der Waals surface area (Å²) < 4.78 is 13.8. The van der Waals surface area contributed by atoms with E-state index in [1.165, 1.54) is 11.6 Å². The molecule has 1 amide bonds. The Balaban J connectivity index is 1.26. The molecule has 5 rings (SSSR count). The van der Waals surface area contributed by atoms with Gasteiger partial charge in [-0.15, -0.1) is 0 Å². The van der Waals surface area contributed by atoms with Gasteiger partial charge >= 0.3 is 0 Å². The molecular weight excluding hydrogens is 387 g/mol. The molecule has 1 heterocycles. The number of rotatable bonds is 3. The quantitative estimate of drug-likeness (QED) is 0.550. The van der Waals surface area contributed by atoms with E-state index in [0.29, 0.717) is 10.9 Å². The molecule has 2 aromatic carbocycles. The van der Waals surface area contributed by atoms with E-state index in [2.05, 4.69) is 10.3 Å². The van der Waals surface area contributed by atoms with E-state index >= 15 is 0 Å². The van der Waals surface area contributed by atoms with Crippen LogP contribution in [0.1, 0.15) is 43.6 Å². The molecule has 29 heavy (non-hydrogen) atoms. The summed E-state index contributed by atoms with van der Waals surface area (Å²) in [6.45, 7) is 0. The van der Waals surface area contributed by atoms with Gasteiger partial charge < -0.3 is 5.32 Å². The van der Waals surface area contributed by atoms with Gasteiger partial charge in [-0.05, 0) is 97.5 Å². The number of anilines is 1. The molecule has 0 unspecified atom stereocenters. The van der Waals surface area contributed by atoms with Gasteiger partial charge in [0.1, 0.15) is 5.82 Å². The molecule has 2 aliphatic rings. The Morgan fingerprint density at radius 3 is 2.62 bits per heavy atom. The highest BCUT2D eigenvalue weighted by Gasteiger charge is 2.58. The lowest BCUT2D eigenvalue weighted by atomic mass is 9.75. The van der Waals surface area contributed by atoms with Crippen LogP contribution in [0.2, 0.25) is 5.02 Å². The number of pyridine rings is 1. The highest BCUT2D eigenvalue weighted by Crippen LogP contribution is 2.63. The molecule has 5 heteroatoms. The smallest absolute Gasteiger partial charge is 0.228 e. The second-order valence-electron chi connectivity index (χ2n) is 8.45. The summed E-state index contributed by atoms with van der Waals surface area (Å²) in [6.07, 6.45) is 6.91. The normalized spacial score (nSPS) is 25.9. The van der Waals surface area contributed by atoms with Crippen molar-refractivity contribution in [1.82, 2.24) is 4.98 Å². The second kappa shape index (κ2) is 7.10. The lowest BCUT2D eigenvalue weighted by Gasteiger charge is -2.30. The van der Waals surface area contributed by atoms with Crippen LogP contribution in [0.15, 0.2) is 54.7 Å². The lowest BCUT2D eigenvalue weighted by molar-refractivity contribution is -0.118. The van der Waals surface area contributed by atoms with Gasteiger partial charge in [0, 0.05) is 28.2 Å². The molecule has 2 aliphatic carbocycles. The fourth-order valence-electron chi connectivity index (χ4n) is 5.03. The molecule has 1 N–H and O–H groups in total. The third-order valence-electron chi connectivity index (χ3n) is 6.78. The maximum Gasteiger partial charge on any atom is 0.228 e. The van der Waals surface area contributed by atoms with E-state index in [1.54, 1.807) is 24.3 Å².